The van der Waals surface area contributed by atoms with Gasteiger partial charge in [0.15, 0.2) is 0 Å². The number of aromatic hydroxyl groups is 1. The third-order valence-corrected chi connectivity index (χ3v) is 4.22. The zero-order chi connectivity index (χ0) is 16.2. The number of aromatic nitrogens is 2. The number of rotatable bonds is 5. The van der Waals surface area contributed by atoms with Gasteiger partial charge in [-0.2, -0.15) is 0 Å². The number of benzene rings is 2. The molecule has 7 heteroatoms. The largest absolute Gasteiger partial charge is 0.507 e. The van der Waals surface area contributed by atoms with Crippen LogP contribution in [-0.4, -0.2) is 22.4 Å². The molecular formula is C16H13ClN2O3S. The fourth-order valence-electron chi connectivity index (χ4n) is 1.97. The third-order valence-electron chi connectivity index (χ3n) is 3.09. The molecule has 0 aliphatic rings. The molecule has 1 N–H and O–H groups in total. The lowest BCUT2D eigenvalue weighted by Crippen LogP contribution is -1.84. The van der Waals surface area contributed by atoms with Crippen LogP contribution >= 0.6 is 23.4 Å². The van der Waals surface area contributed by atoms with Gasteiger partial charge >= 0.3 is 0 Å². The van der Waals surface area contributed by atoms with Gasteiger partial charge in [0.25, 0.3) is 11.1 Å². The summed E-state index contributed by atoms with van der Waals surface area (Å²) in [6.07, 6.45) is 0. The van der Waals surface area contributed by atoms with Crippen molar-refractivity contribution in [1.29, 1.82) is 0 Å². The van der Waals surface area contributed by atoms with Crippen molar-refractivity contribution in [3.8, 4) is 23.0 Å². The number of hydrogen-bond donors (Lipinski definition) is 1. The highest BCUT2D eigenvalue weighted by atomic mass is 35.5. The first-order valence-corrected chi connectivity index (χ1v) is 8.10. The number of ether oxygens (including phenoxy) is 1. The molecule has 0 unspecified atom stereocenters. The summed E-state index contributed by atoms with van der Waals surface area (Å²) in [6.45, 7) is 0. The summed E-state index contributed by atoms with van der Waals surface area (Å²) in [4.78, 5) is 0. The van der Waals surface area contributed by atoms with Crippen LogP contribution in [0.4, 0.5) is 0 Å². The molecule has 23 heavy (non-hydrogen) atoms. The molecule has 0 aliphatic heterocycles. The molecule has 0 saturated heterocycles. The predicted molar refractivity (Wildman–Crippen MR) is 89.0 cm³/mol. The first-order valence-electron chi connectivity index (χ1n) is 6.74. The first-order chi connectivity index (χ1) is 11.2. The van der Waals surface area contributed by atoms with Crippen LogP contribution in [0.15, 0.2) is 52.1 Å². The molecule has 118 valence electrons. The summed E-state index contributed by atoms with van der Waals surface area (Å²) in [6, 6.07) is 12.5. The van der Waals surface area contributed by atoms with E-state index in [-0.39, 0.29) is 11.6 Å². The first kappa shape index (κ1) is 15.7. The number of hydrogen-bond acceptors (Lipinski definition) is 6. The van der Waals surface area contributed by atoms with Gasteiger partial charge in [0.05, 0.1) is 12.7 Å². The Bertz CT molecular complexity index is 823. The van der Waals surface area contributed by atoms with Gasteiger partial charge in [0, 0.05) is 16.8 Å². The number of phenols is 1. The molecular weight excluding hydrogens is 336 g/mol. The molecule has 0 radical (unpaired) electrons. The Kier molecular flexibility index (Phi) is 4.73. The Morgan fingerprint density at radius 2 is 2.09 bits per heavy atom. The third kappa shape index (κ3) is 3.78. The van der Waals surface area contributed by atoms with Crippen molar-refractivity contribution in [1.82, 2.24) is 10.2 Å². The summed E-state index contributed by atoms with van der Waals surface area (Å²) in [7, 11) is 1.53. The number of nitrogens with zero attached hydrogens (tertiary/aromatic N) is 2. The molecule has 3 rings (SSSR count). The van der Waals surface area contributed by atoms with Gasteiger partial charge in [-0.05, 0) is 29.8 Å². The van der Waals surface area contributed by atoms with Crippen molar-refractivity contribution in [2.75, 3.05) is 7.11 Å². The van der Waals surface area contributed by atoms with Crippen LogP contribution in [0.2, 0.25) is 5.02 Å². The summed E-state index contributed by atoms with van der Waals surface area (Å²) in [5.74, 6) is 1.51. The lowest BCUT2D eigenvalue weighted by molar-refractivity contribution is 0.407. The molecule has 0 aliphatic carbocycles. The maximum Gasteiger partial charge on any atom is 0.277 e. The lowest BCUT2D eigenvalue weighted by atomic mass is 10.2. The maximum atomic E-state index is 9.99. The monoisotopic (exact) mass is 348 g/mol. The van der Waals surface area contributed by atoms with Gasteiger partial charge in [0.1, 0.15) is 11.5 Å². The number of thioether (sulfide) groups is 1. The van der Waals surface area contributed by atoms with Crippen molar-refractivity contribution in [2.45, 2.75) is 11.0 Å². The molecule has 1 aromatic heterocycles. The van der Waals surface area contributed by atoms with E-state index in [0.29, 0.717) is 27.3 Å². The van der Waals surface area contributed by atoms with Crippen LogP contribution < -0.4 is 4.74 Å². The highest BCUT2D eigenvalue weighted by Gasteiger charge is 2.13. The molecule has 1 heterocycles. The quantitative estimate of drug-likeness (QED) is 0.689. The van der Waals surface area contributed by atoms with Crippen LogP contribution in [0, 0.1) is 0 Å². The molecule has 0 spiro atoms. The zero-order valence-electron chi connectivity index (χ0n) is 12.2. The lowest BCUT2D eigenvalue weighted by Gasteiger charge is -2.03. The van der Waals surface area contributed by atoms with E-state index in [4.69, 9.17) is 20.8 Å². The molecule has 0 atom stereocenters. The van der Waals surface area contributed by atoms with Gasteiger partial charge in [-0.15, -0.1) is 10.2 Å². The summed E-state index contributed by atoms with van der Waals surface area (Å²) in [5, 5.41) is 19.1. The van der Waals surface area contributed by atoms with Gasteiger partial charge in [0.2, 0.25) is 0 Å². The van der Waals surface area contributed by atoms with Crippen molar-refractivity contribution in [3.05, 3.63) is 53.1 Å². The molecule has 2 aromatic carbocycles. The SMILES string of the molecule is COc1ccc(-c2nnc(SCc3cccc(Cl)c3)o2)c(O)c1. The highest BCUT2D eigenvalue weighted by molar-refractivity contribution is 7.98. The maximum absolute atomic E-state index is 9.99. The Hall–Kier alpha value is -2.18. The van der Waals surface area contributed by atoms with Crippen LogP contribution in [0.25, 0.3) is 11.5 Å². The van der Waals surface area contributed by atoms with E-state index >= 15 is 0 Å². The highest BCUT2D eigenvalue weighted by Crippen LogP contribution is 2.33. The molecule has 0 saturated carbocycles. The summed E-state index contributed by atoms with van der Waals surface area (Å²) < 4.78 is 10.6. The second-order valence-corrected chi connectivity index (χ2v) is 6.04. The Labute approximate surface area is 142 Å². The standard InChI is InChI=1S/C16H13ClN2O3S/c1-21-12-5-6-13(14(20)8-12)15-18-19-16(22-15)23-9-10-3-2-4-11(17)7-10/h2-8,20H,9H2,1H3. The van der Waals surface area contributed by atoms with E-state index in [1.165, 1.54) is 24.9 Å². The normalized spacial score (nSPS) is 10.7. The van der Waals surface area contributed by atoms with Crippen LogP contribution in [0.5, 0.6) is 11.5 Å². The Morgan fingerprint density at radius 1 is 1.22 bits per heavy atom. The summed E-state index contributed by atoms with van der Waals surface area (Å²) in [5.41, 5.74) is 1.53. The van der Waals surface area contributed by atoms with E-state index in [0.717, 1.165) is 5.56 Å². The Morgan fingerprint density at radius 3 is 2.83 bits per heavy atom. The van der Waals surface area contributed by atoms with E-state index in [2.05, 4.69) is 10.2 Å². The number of methoxy groups -OCH3 is 1. The van der Waals surface area contributed by atoms with Crippen molar-refractivity contribution in [3.63, 3.8) is 0 Å². The van der Waals surface area contributed by atoms with Crippen molar-refractivity contribution >= 4 is 23.4 Å². The number of phenolic OH excluding ortho intramolecular Hbond substituents is 1. The minimum atomic E-state index is 0.0272. The molecule has 0 amide bonds. The minimum absolute atomic E-state index is 0.0272. The average molecular weight is 349 g/mol. The fourth-order valence-corrected chi connectivity index (χ4v) is 2.89. The molecule has 0 bridgehead atoms. The average Bonchev–Trinajstić information content (AvgIpc) is 3.01. The second kappa shape index (κ2) is 6.93. The number of halogens is 1. The molecule has 3 aromatic rings. The topological polar surface area (TPSA) is 68.4 Å². The smallest absolute Gasteiger partial charge is 0.277 e. The van der Waals surface area contributed by atoms with Gasteiger partial charge < -0.3 is 14.3 Å². The molecule has 5 nitrogen and oxygen atoms in total. The van der Waals surface area contributed by atoms with E-state index < -0.39 is 0 Å². The van der Waals surface area contributed by atoms with Crippen LogP contribution in [0.1, 0.15) is 5.56 Å². The van der Waals surface area contributed by atoms with Gasteiger partial charge in [-0.3, -0.25) is 0 Å². The Balaban J connectivity index is 1.73. The van der Waals surface area contributed by atoms with E-state index in [9.17, 15) is 5.11 Å². The molecule has 0 fully saturated rings. The zero-order valence-corrected chi connectivity index (χ0v) is 13.8. The van der Waals surface area contributed by atoms with Crippen LogP contribution in [-0.2, 0) is 5.75 Å². The minimum Gasteiger partial charge on any atom is -0.507 e. The second-order valence-electron chi connectivity index (χ2n) is 4.67. The summed E-state index contributed by atoms with van der Waals surface area (Å²) >= 11 is 7.36. The van der Waals surface area contributed by atoms with E-state index in [1.54, 1.807) is 12.1 Å². The predicted octanol–water partition coefficient (Wildman–Crippen LogP) is 4.40. The van der Waals surface area contributed by atoms with Crippen LogP contribution in [0.3, 0.4) is 0 Å². The van der Waals surface area contributed by atoms with Gasteiger partial charge in [-0.25, -0.2) is 0 Å². The van der Waals surface area contributed by atoms with Gasteiger partial charge in [-0.1, -0.05) is 35.5 Å². The van der Waals surface area contributed by atoms with Crippen molar-refractivity contribution in [2.24, 2.45) is 0 Å². The van der Waals surface area contributed by atoms with Crippen molar-refractivity contribution < 1.29 is 14.3 Å². The van der Waals surface area contributed by atoms with E-state index in [1.807, 2.05) is 24.3 Å². The fraction of sp³-hybridized carbons (Fsp3) is 0.125.